The van der Waals surface area contributed by atoms with Crippen LogP contribution in [0, 0.1) is 13.8 Å². The lowest BCUT2D eigenvalue weighted by Crippen LogP contribution is -2.21. The summed E-state index contributed by atoms with van der Waals surface area (Å²) in [7, 11) is 2.03. The van der Waals surface area contributed by atoms with E-state index < -0.39 is 0 Å². The Morgan fingerprint density at radius 2 is 1.85 bits per heavy atom. The van der Waals surface area contributed by atoms with Gasteiger partial charge in [0.25, 0.3) is 0 Å². The summed E-state index contributed by atoms with van der Waals surface area (Å²) in [5.74, 6) is 1.58. The van der Waals surface area contributed by atoms with Gasteiger partial charge in [-0.25, -0.2) is 9.97 Å². The molecule has 1 aromatic carbocycles. The average molecular weight is 368 g/mol. The van der Waals surface area contributed by atoms with Crippen LogP contribution in [0.1, 0.15) is 16.7 Å². The Kier molecular flexibility index (Phi) is 5.68. The van der Waals surface area contributed by atoms with Crippen LogP contribution in [0.5, 0.6) is 0 Å². The minimum Gasteiger partial charge on any atom is -0.359 e. The van der Waals surface area contributed by atoms with Gasteiger partial charge in [0.1, 0.15) is 18.0 Å². The molecule has 0 unspecified atom stereocenters. The summed E-state index contributed by atoms with van der Waals surface area (Å²) in [6, 6.07) is 10.0. The van der Waals surface area contributed by atoms with Crippen molar-refractivity contribution in [2.24, 2.45) is 0 Å². The van der Waals surface area contributed by atoms with Gasteiger partial charge < -0.3 is 10.2 Å². The normalized spacial score (nSPS) is 10.6. The molecule has 0 saturated carbocycles. The lowest BCUT2D eigenvalue weighted by molar-refractivity contribution is 0.855. The Labute approximate surface area is 159 Å². The maximum Gasteiger partial charge on any atom is 0.135 e. The highest BCUT2D eigenvalue weighted by molar-refractivity contribution is 6.33. The van der Waals surface area contributed by atoms with Gasteiger partial charge in [0.05, 0.1) is 10.7 Å². The Morgan fingerprint density at radius 1 is 1.08 bits per heavy atom. The molecule has 26 heavy (non-hydrogen) atoms. The highest BCUT2D eigenvalue weighted by atomic mass is 35.5. The second kappa shape index (κ2) is 8.15. The minimum atomic E-state index is 0.689. The summed E-state index contributed by atoms with van der Waals surface area (Å²) >= 11 is 6.38. The molecule has 5 nitrogen and oxygen atoms in total. The van der Waals surface area contributed by atoms with Crippen molar-refractivity contribution in [2.45, 2.75) is 20.3 Å². The number of halogens is 1. The third-order valence-electron chi connectivity index (χ3n) is 4.21. The summed E-state index contributed by atoms with van der Waals surface area (Å²) in [4.78, 5) is 14.9. The van der Waals surface area contributed by atoms with Crippen LogP contribution in [0.2, 0.25) is 5.02 Å². The number of nitrogens with zero attached hydrogens (tertiary/aromatic N) is 4. The van der Waals surface area contributed by atoms with Gasteiger partial charge in [-0.2, -0.15) is 0 Å². The molecule has 0 saturated heterocycles. The van der Waals surface area contributed by atoms with Crippen LogP contribution in [0.25, 0.3) is 0 Å². The molecule has 0 bridgehead atoms. The fraction of sp³-hybridized carbons (Fsp3) is 0.250. The molecular weight excluding hydrogens is 346 g/mol. The predicted molar refractivity (Wildman–Crippen MR) is 107 cm³/mol. The molecule has 0 amide bonds. The number of hydrogen-bond donors (Lipinski definition) is 1. The van der Waals surface area contributed by atoms with Crippen LogP contribution in [0.4, 0.5) is 17.3 Å². The molecule has 2 aromatic heterocycles. The minimum absolute atomic E-state index is 0.689. The number of likely N-dealkylation sites (N-methyl/N-ethyl adjacent to an activating group) is 1. The van der Waals surface area contributed by atoms with Crippen molar-refractivity contribution in [3.05, 3.63) is 70.8 Å². The number of pyridine rings is 1. The maximum absolute atomic E-state index is 6.38. The van der Waals surface area contributed by atoms with Crippen molar-refractivity contribution in [1.29, 1.82) is 0 Å². The zero-order valence-corrected chi connectivity index (χ0v) is 16.0. The lowest BCUT2D eigenvalue weighted by atomic mass is 10.1. The van der Waals surface area contributed by atoms with E-state index >= 15 is 0 Å². The van der Waals surface area contributed by atoms with Crippen molar-refractivity contribution >= 4 is 28.9 Å². The van der Waals surface area contributed by atoms with Crippen LogP contribution < -0.4 is 10.2 Å². The number of aromatic nitrogens is 3. The van der Waals surface area contributed by atoms with Crippen LogP contribution in [-0.2, 0) is 6.42 Å². The number of benzene rings is 1. The molecule has 0 spiro atoms. The van der Waals surface area contributed by atoms with Crippen molar-refractivity contribution in [3.8, 4) is 0 Å². The largest absolute Gasteiger partial charge is 0.359 e. The van der Waals surface area contributed by atoms with Crippen molar-refractivity contribution < 1.29 is 0 Å². The van der Waals surface area contributed by atoms with Gasteiger partial charge in [-0.1, -0.05) is 17.7 Å². The molecule has 1 N–H and O–H groups in total. The molecule has 0 radical (unpaired) electrons. The van der Waals surface area contributed by atoms with E-state index in [1.54, 1.807) is 6.33 Å². The molecule has 2 heterocycles. The fourth-order valence-corrected chi connectivity index (χ4v) is 3.16. The van der Waals surface area contributed by atoms with Crippen molar-refractivity contribution in [1.82, 2.24) is 15.0 Å². The summed E-state index contributed by atoms with van der Waals surface area (Å²) < 4.78 is 0. The van der Waals surface area contributed by atoms with E-state index in [-0.39, 0.29) is 0 Å². The smallest absolute Gasteiger partial charge is 0.135 e. The van der Waals surface area contributed by atoms with Gasteiger partial charge in [0.15, 0.2) is 0 Å². The summed E-state index contributed by atoms with van der Waals surface area (Å²) in [6.07, 6.45) is 6.12. The van der Waals surface area contributed by atoms with E-state index in [1.807, 2.05) is 57.6 Å². The Balaban J connectivity index is 1.72. The summed E-state index contributed by atoms with van der Waals surface area (Å²) in [6.45, 7) is 4.91. The average Bonchev–Trinajstić information content (AvgIpc) is 2.64. The summed E-state index contributed by atoms with van der Waals surface area (Å²) in [5.41, 5.74) is 4.35. The monoisotopic (exact) mass is 367 g/mol. The van der Waals surface area contributed by atoms with E-state index in [1.165, 1.54) is 5.56 Å². The highest BCUT2D eigenvalue weighted by Crippen LogP contribution is 2.30. The second-order valence-corrected chi connectivity index (χ2v) is 6.76. The number of rotatable bonds is 6. The Hall–Kier alpha value is -2.66. The molecule has 0 aliphatic heterocycles. The molecule has 6 heteroatoms. The van der Waals surface area contributed by atoms with E-state index in [0.717, 1.165) is 41.4 Å². The Bertz CT molecular complexity index is 859. The number of anilines is 3. The van der Waals surface area contributed by atoms with E-state index in [0.29, 0.717) is 5.02 Å². The lowest BCUT2D eigenvalue weighted by Gasteiger charge is -2.19. The fourth-order valence-electron chi connectivity index (χ4n) is 2.79. The van der Waals surface area contributed by atoms with Gasteiger partial charge in [-0.15, -0.1) is 0 Å². The second-order valence-electron chi connectivity index (χ2n) is 6.35. The van der Waals surface area contributed by atoms with Crippen LogP contribution >= 0.6 is 11.6 Å². The maximum atomic E-state index is 6.38. The van der Waals surface area contributed by atoms with Gasteiger partial charge in [-0.3, -0.25) is 4.98 Å². The predicted octanol–water partition coefficient (Wildman–Crippen LogP) is 4.56. The van der Waals surface area contributed by atoms with Crippen LogP contribution in [0.3, 0.4) is 0 Å². The van der Waals surface area contributed by atoms with Crippen molar-refractivity contribution in [3.63, 3.8) is 0 Å². The molecule has 3 aromatic rings. The first-order chi connectivity index (χ1) is 12.5. The third kappa shape index (κ3) is 4.49. The summed E-state index contributed by atoms with van der Waals surface area (Å²) in [5, 5.41) is 4.01. The molecule has 0 aliphatic rings. The number of aryl methyl sites for hydroxylation is 2. The first-order valence-corrected chi connectivity index (χ1v) is 8.86. The van der Waals surface area contributed by atoms with Gasteiger partial charge in [0.2, 0.25) is 0 Å². The molecule has 0 atom stereocenters. The molecular formula is C20H22ClN5. The standard InChI is InChI=1S/C20H22ClN5/c1-14-10-15(2)20(17(21)11-14)25-18-12-19(24-13-23-18)26(3)9-6-16-4-7-22-8-5-16/h4-5,7-8,10-13H,6,9H2,1-3H3,(H,23,24,25). The van der Waals surface area contributed by atoms with Crippen LogP contribution in [-0.4, -0.2) is 28.5 Å². The van der Waals surface area contributed by atoms with E-state index in [2.05, 4.69) is 31.2 Å². The quantitative estimate of drug-likeness (QED) is 0.691. The van der Waals surface area contributed by atoms with Gasteiger partial charge in [0, 0.05) is 32.1 Å². The Morgan fingerprint density at radius 3 is 2.58 bits per heavy atom. The topological polar surface area (TPSA) is 53.9 Å². The first kappa shape index (κ1) is 18.1. The first-order valence-electron chi connectivity index (χ1n) is 8.49. The molecule has 0 aliphatic carbocycles. The zero-order valence-electron chi connectivity index (χ0n) is 15.2. The van der Waals surface area contributed by atoms with Gasteiger partial charge in [-0.05, 0) is 55.2 Å². The third-order valence-corrected chi connectivity index (χ3v) is 4.51. The zero-order chi connectivity index (χ0) is 18.5. The van der Waals surface area contributed by atoms with E-state index in [9.17, 15) is 0 Å². The van der Waals surface area contributed by atoms with Gasteiger partial charge >= 0.3 is 0 Å². The highest BCUT2D eigenvalue weighted by Gasteiger charge is 2.09. The molecule has 134 valence electrons. The SMILES string of the molecule is Cc1cc(C)c(Nc2cc(N(C)CCc3ccncc3)ncn2)c(Cl)c1. The number of hydrogen-bond acceptors (Lipinski definition) is 5. The van der Waals surface area contributed by atoms with Crippen molar-refractivity contribution in [2.75, 3.05) is 23.8 Å². The molecule has 3 rings (SSSR count). The number of nitrogens with one attached hydrogen (secondary N) is 1. The molecule has 0 fully saturated rings. The van der Waals surface area contributed by atoms with E-state index in [4.69, 9.17) is 11.6 Å². The van der Waals surface area contributed by atoms with Crippen LogP contribution in [0.15, 0.2) is 49.1 Å².